The normalized spacial score (nSPS) is 10.2. The Kier molecular flexibility index (Phi) is 4.58. The quantitative estimate of drug-likeness (QED) is 0.941. The molecule has 0 spiro atoms. The fourth-order valence-corrected chi connectivity index (χ4v) is 1.93. The van der Waals surface area contributed by atoms with Crippen molar-refractivity contribution in [1.29, 1.82) is 0 Å². The smallest absolute Gasteiger partial charge is 0.253 e. The van der Waals surface area contributed by atoms with Crippen LogP contribution in [0.4, 0.5) is 5.69 Å². The van der Waals surface area contributed by atoms with Crippen molar-refractivity contribution < 1.29 is 4.79 Å². The Morgan fingerprint density at radius 2 is 1.95 bits per heavy atom. The van der Waals surface area contributed by atoms with E-state index in [2.05, 4.69) is 10.3 Å². The second kappa shape index (κ2) is 6.39. The zero-order valence-electron chi connectivity index (χ0n) is 11.4. The molecule has 1 N–H and O–H groups in total. The van der Waals surface area contributed by atoms with Crippen molar-refractivity contribution in [2.45, 2.75) is 6.54 Å². The molecule has 2 rings (SSSR count). The van der Waals surface area contributed by atoms with Gasteiger partial charge in [0.1, 0.15) is 0 Å². The first-order valence-corrected chi connectivity index (χ1v) is 6.59. The minimum absolute atomic E-state index is 0.0476. The molecule has 0 saturated carbocycles. The predicted octanol–water partition coefficient (Wildman–Crippen LogP) is 3.05. The summed E-state index contributed by atoms with van der Waals surface area (Å²) in [5.74, 6) is -0.0476. The van der Waals surface area contributed by atoms with Crippen LogP contribution in [-0.4, -0.2) is 29.9 Å². The van der Waals surface area contributed by atoms with E-state index < -0.39 is 0 Å². The van der Waals surface area contributed by atoms with E-state index in [0.717, 1.165) is 11.3 Å². The molecule has 0 saturated heterocycles. The zero-order chi connectivity index (χ0) is 14.5. The second-order valence-electron chi connectivity index (χ2n) is 4.60. The molecule has 0 radical (unpaired) electrons. The van der Waals surface area contributed by atoms with E-state index in [-0.39, 0.29) is 5.91 Å². The summed E-state index contributed by atoms with van der Waals surface area (Å²) < 4.78 is 0. The highest BCUT2D eigenvalue weighted by atomic mass is 35.5. The molecule has 2 aromatic rings. The highest BCUT2D eigenvalue weighted by Gasteiger charge is 2.10. The maximum absolute atomic E-state index is 11.9. The molecule has 0 aliphatic carbocycles. The standard InChI is InChI=1S/C15H16ClN3O/c1-19(2)15(20)12-3-4-13(16)14(9-12)18-10-11-5-7-17-8-6-11/h3-9,18H,10H2,1-2H3. The lowest BCUT2D eigenvalue weighted by molar-refractivity contribution is 0.0827. The van der Waals surface area contributed by atoms with E-state index in [1.54, 1.807) is 44.7 Å². The topological polar surface area (TPSA) is 45.2 Å². The van der Waals surface area contributed by atoms with Gasteiger partial charge in [-0.1, -0.05) is 11.6 Å². The van der Waals surface area contributed by atoms with E-state index in [1.165, 1.54) is 4.90 Å². The van der Waals surface area contributed by atoms with Gasteiger partial charge in [-0.3, -0.25) is 9.78 Å². The molecule has 1 aromatic heterocycles. The van der Waals surface area contributed by atoms with Crippen molar-refractivity contribution in [2.24, 2.45) is 0 Å². The lowest BCUT2D eigenvalue weighted by atomic mass is 10.1. The first kappa shape index (κ1) is 14.3. The third kappa shape index (κ3) is 3.48. The number of aromatic nitrogens is 1. The summed E-state index contributed by atoms with van der Waals surface area (Å²) in [7, 11) is 3.45. The van der Waals surface area contributed by atoms with Crippen LogP contribution in [0.1, 0.15) is 15.9 Å². The summed E-state index contributed by atoms with van der Waals surface area (Å²) in [5.41, 5.74) is 2.45. The van der Waals surface area contributed by atoms with Gasteiger partial charge in [0.2, 0.25) is 0 Å². The van der Waals surface area contributed by atoms with E-state index in [1.807, 2.05) is 12.1 Å². The number of nitrogens with zero attached hydrogens (tertiary/aromatic N) is 2. The predicted molar refractivity (Wildman–Crippen MR) is 81.0 cm³/mol. The van der Waals surface area contributed by atoms with Crippen LogP contribution in [0.25, 0.3) is 0 Å². The van der Waals surface area contributed by atoms with Gasteiger partial charge in [0.25, 0.3) is 5.91 Å². The molecule has 20 heavy (non-hydrogen) atoms. The van der Waals surface area contributed by atoms with Gasteiger partial charge >= 0.3 is 0 Å². The molecule has 0 fully saturated rings. The molecule has 0 atom stereocenters. The summed E-state index contributed by atoms with van der Waals surface area (Å²) in [4.78, 5) is 17.4. The highest BCUT2D eigenvalue weighted by molar-refractivity contribution is 6.33. The van der Waals surface area contributed by atoms with E-state index in [0.29, 0.717) is 17.1 Å². The van der Waals surface area contributed by atoms with Crippen molar-refractivity contribution in [2.75, 3.05) is 19.4 Å². The first-order chi connectivity index (χ1) is 9.58. The molecule has 0 aliphatic rings. The van der Waals surface area contributed by atoms with Crippen LogP contribution in [0.2, 0.25) is 5.02 Å². The molecule has 0 bridgehead atoms. The van der Waals surface area contributed by atoms with Gasteiger partial charge in [-0.05, 0) is 35.9 Å². The molecule has 1 heterocycles. The average molecular weight is 290 g/mol. The Balaban J connectivity index is 2.15. The Labute approximate surface area is 123 Å². The minimum atomic E-state index is -0.0476. The van der Waals surface area contributed by atoms with Crippen LogP contribution in [0.5, 0.6) is 0 Å². The number of benzene rings is 1. The van der Waals surface area contributed by atoms with Crippen LogP contribution in [-0.2, 0) is 6.54 Å². The summed E-state index contributed by atoms with van der Waals surface area (Å²) in [6.45, 7) is 0.627. The number of amides is 1. The lowest BCUT2D eigenvalue weighted by Gasteiger charge is -2.13. The van der Waals surface area contributed by atoms with E-state index >= 15 is 0 Å². The number of anilines is 1. The van der Waals surface area contributed by atoms with Gasteiger partial charge in [0, 0.05) is 38.6 Å². The number of halogens is 1. The van der Waals surface area contributed by atoms with Gasteiger partial charge in [-0.25, -0.2) is 0 Å². The molecular weight excluding hydrogens is 274 g/mol. The molecule has 4 nitrogen and oxygen atoms in total. The molecule has 5 heteroatoms. The van der Waals surface area contributed by atoms with Gasteiger partial charge in [-0.15, -0.1) is 0 Å². The van der Waals surface area contributed by atoms with Gasteiger partial charge in [-0.2, -0.15) is 0 Å². The molecule has 1 amide bonds. The summed E-state index contributed by atoms with van der Waals surface area (Å²) >= 11 is 6.15. The van der Waals surface area contributed by atoms with Crippen molar-refractivity contribution in [3.63, 3.8) is 0 Å². The third-order valence-electron chi connectivity index (χ3n) is 2.85. The number of pyridine rings is 1. The maximum Gasteiger partial charge on any atom is 0.253 e. The number of rotatable bonds is 4. The number of nitrogens with one attached hydrogen (secondary N) is 1. The van der Waals surface area contributed by atoms with Gasteiger partial charge < -0.3 is 10.2 Å². The Hall–Kier alpha value is -2.07. The minimum Gasteiger partial charge on any atom is -0.380 e. The van der Waals surface area contributed by atoms with Crippen LogP contribution in [0, 0.1) is 0 Å². The number of hydrogen-bond donors (Lipinski definition) is 1. The Morgan fingerprint density at radius 1 is 1.25 bits per heavy atom. The van der Waals surface area contributed by atoms with E-state index in [4.69, 9.17) is 11.6 Å². The molecule has 0 unspecified atom stereocenters. The molecular formula is C15H16ClN3O. The maximum atomic E-state index is 11.9. The van der Waals surface area contributed by atoms with Crippen molar-refractivity contribution in [3.8, 4) is 0 Å². The average Bonchev–Trinajstić information content (AvgIpc) is 2.46. The second-order valence-corrected chi connectivity index (χ2v) is 5.01. The lowest BCUT2D eigenvalue weighted by Crippen LogP contribution is -2.21. The summed E-state index contributed by atoms with van der Waals surface area (Å²) in [6, 6.07) is 9.08. The van der Waals surface area contributed by atoms with Gasteiger partial charge in [0.05, 0.1) is 10.7 Å². The fraction of sp³-hybridized carbons (Fsp3) is 0.200. The summed E-state index contributed by atoms with van der Waals surface area (Å²) in [5, 5.41) is 3.82. The monoisotopic (exact) mass is 289 g/mol. The third-order valence-corrected chi connectivity index (χ3v) is 3.18. The largest absolute Gasteiger partial charge is 0.380 e. The van der Waals surface area contributed by atoms with Crippen LogP contribution in [0.15, 0.2) is 42.7 Å². The molecule has 0 aliphatic heterocycles. The SMILES string of the molecule is CN(C)C(=O)c1ccc(Cl)c(NCc2ccncc2)c1. The summed E-state index contributed by atoms with van der Waals surface area (Å²) in [6.07, 6.45) is 3.48. The number of hydrogen-bond acceptors (Lipinski definition) is 3. The fourth-order valence-electron chi connectivity index (χ4n) is 1.75. The Bertz CT molecular complexity index is 599. The van der Waals surface area contributed by atoms with Crippen LogP contribution in [0.3, 0.4) is 0 Å². The highest BCUT2D eigenvalue weighted by Crippen LogP contribution is 2.24. The van der Waals surface area contributed by atoms with Crippen LogP contribution < -0.4 is 5.32 Å². The number of carbonyl (C=O) groups excluding carboxylic acids is 1. The first-order valence-electron chi connectivity index (χ1n) is 6.22. The van der Waals surface area contributed by atoms with Crippen LogP contribution >= 0.6 is 11.6 Å². The number of carbonyl (C=O) groups is 1. The zero-order valence-corrected chi connectivity index (χ0v) is 12.2. The van der Waals surface area contributed by atoms with Crippen molar-refractivity contribution >= 4 is 23.2 Å². The van der Waals surface area contributed by atoms with Gasteiger partial charge in [0.15, 0.2) is 0 Å². The molecule has 104 valence electrons. The van der Waals surface area contributed by atoms with Crippen molar-refractivity contribution in [1.82, 2.24) is 9.88 Å². The molecule has 1 aromatic carbocycles. The Morgan fingerprint density at radius 3 is 2.60 bits per heavy atom. The van der Waals surface area contributed by atoms with E-state index in [9.17, 15) is 4.79 Å². The van der Waals surface area contributed by atoms with Crippen molar-refractivity contribution in [3.05, 3.63) is 58.9 Å².